The van der Waals surface area contributed by atoms with Gasteiger partial charge in [0.05, 0.1) is 0 Å². The van der Waals surface area contributed by atoms with Crippen molar-refractivity contribution in [2.24, 2.45) is 0 Å². The number of carbonyl (C=O) groups excluding carboxylic acids is 1. The molecule has 1 radical (unpaired) electrons. The molecule has 0 amide bonds. The Morgan fingerprint density at radius 2 is 2.00 bits per heavy atom. The molecule has 1 aromatic carbocycles. The molecule has 1 rings (SSSR count). The lowest BCUT2D eigenvalue weighted by Crippen LogP contribution is -2.10. The molecule has 63 valence electrons. The second kappa shape index (κ2) is 3.39. The molecule has 0 saturated carbocycles. The third kappa shape index (κ3) is 1.47. The van der Waals surface area contributed by atoms with Crippen molar-refractivity contribution in [2.75, 3.05) is 19.0 Å². The van der Waals surface area contributed by atoms with Gasteiger partial charge in [-0.15, -0.1) is 0 Å². The summed E-state index contributed by atoms with van der Waals surface area (Å²) in [6, 6.07) is 5.62. The molecule has 0 saturated heterocycles. The van der Waals surface area contributed by atoms with Gasteiger partial charge in [0.25, 0.3) is 0 Å². The molecule has 0 atom stereocenters. The fourth-order valence-corrected chi connectivity index (χ4v) is 1.22. The molecular formula is C10H12NO. The minimum absolute atomic E-state index is 0.640. The largest absolute Gasteiger partial charge is 0.377 e. The third-order valence-corrected chi connectivity index (χ3v) is 1.90. The normalized spacial score (nSPS) is 9.58. The molecule has 0 aliphatic carbocycles. The minimum Gasteiger partial charge on any atom is -0.377 e. The van der Waals surface area contributed by atoms with Gasteiger partial charge in [-0.1, -0.05) is 12.1 Å². The van der Waals surface area contributed by atoms with Gasteiger partial charge in [-0.3, -0.25) is 4.79 Å². The molecule has 0 fully saturated rings. The summed E-state index contributed by atoms with van der Waals surface area (Å²) in [4.78, 5) is 12.4. The Labute approximate surface area is 72.8 Å². The summed E-state index contributed by atoms with van der Waals surface area (Å²) < 4.78 is 0. The van der Waals surface area contributed by atoms with E-state index in [4.69, 9.17) is 0 Å². The zero-order chi connectivity index (χ0) is 9.14. The summed E-state index contributed by atoms with van der Waals surface area (Å²) in [6.07, 6.45) is 1.91. The Morgan fingerprint density at radius 1 is 1.33 bits per heavy atom. The van der Waals surface area contributed by atoms with Crippen molar-refractivity contribution >= 4 is 12.0 Å². The summed E-state index contributed by atoms with van der Waals surface area (Å²) in [5.74, 6) is 0. The van der Waals surface area contributed by atoms with E-state index >= 15 is 0 Å². The van der Waals surface area contributed by atoms with Gasteiger partial charge in [-0.2, -0.15) is 0 Å². The summed E-state index contributed by atoms with van der Waals surface area (Å²) in [7, 11) is 3.91. The van der Waals surface area contributed by atoms with Crippen molar-refractivity contribution in [2.45, 2.75) is 6.92 Å². The highest BCUT2D eigenvalue weighted by Gasteiger charge is 2.03. The number of hydrogen-bond donors (Lipinski definition) is 0. The van der Waals surface area contributed by atoms with Gasteiger partial charge in [0, 0.05) is 25.3 Å². The van der Waals surface area contributed by atoms with Gasteiger partial charge >= 0.3 is 0 Å². The average Bonchev–Trinajstić information content (AvgIpc) is 2.04. The Kier molecular flexibility index (Phi) is 2.48. The van der Waals surface area contributed by atoms with Crippen LogP contribution in [0.3, 0.4) is 0 Å². The second-order valence-corrected chi connectivity index (χ2v) is 2.95. The molecule has 0 aliphatic rings. The first-order chi connectivity index (χ1) is 5.66. The molecular weight excluding hydrogens is 150 g/mol. The van der Waals surface area contributed by atoms with E-state index in [1.165, 1.54) is 0 Å². The fraction of sp³-hybridized carbons (Fsp3) is 0.300. The molecule has 0 N–H and O–H groups in total. The summed E-state index contributed by atoms with van der Waals surface area (Å²) in [6.45, 7) is 1.93. The molecule has 0 aromatic heterocycles. The molecule has 0 bridgehead atoms. The van der Waals surface area contributed by atoms with Crippen LogP contribution in [0.2, 0.25) is 0 Å². The van der Waals surface area contributed by atoms with Gasteiger partial charge in [0.15, 0.2) is 0 Å². The van der Waals surface area contributed by atoms with Gasteiger partial charge in [0.1, 0.15) is 0 Å². The lowest BCUT2D eigenvalue weighted by atomic mass is 10.1. The van der Waals surface area contributed by atoms with Crippen LogP contribution in [0.5, 0.6) is 0 Å². The van der Waals surface area contributed by atoms with Gasteiger partial charge in [-0.25, -0.2) is 0 Å². The molecule has 12 heavy (non-hydrogen) atoms. The first kappa shape index (κ1) is 8.78. The van der Waals surface area contributed by atoms with E-state index in [-0.39, 0.29) is 0 Å². The Balaban J connectivity index is 3.22. The number of rotatable bonds is 2. The van der Waals surface area contributed by atoms with Crippen molar-refractivity contribution in [3.05, 3.63) is 29.3 Å². The monoisotopic (exact) mass is 162 g/mol. The van der Waals surface area contributed by atoms with E-state index in [0.717, 1.165) is 11.3 Å². The van der Waals surface area contributed by atoms with Crippen LogP contribution in [0.1, 0.15) is 11.1 Å². The van der Waals surface area contributed by atoms with E-state index in [9.17, 15) is 4.79 Å². The van der Waals surface area contributed by atoms with Crippen LogP contribution in [-0.2, 0) is 4.79 Å². The van der Waals surface area contributed by atoms with Gasteiger partial charge < -0.3 is 4.90 Å². The standard InChI is InChI=1S/C10H12NO/c1-8-9(7-12)5-4-6-10(8)11(2)3/h4-6H,1-3H3. The van der Waals surface area contributed by atoms with Crippen LogP contribution in [-0.4, -0.2) is 20.4 Å². The predicted octanol–water partition coefficient (Wildman–Crippen LogP) is 1.52. The zero-order valence-corrected chi connectivity index (χ0v) is 7.59. The predicted molar refractivity (Wildman–Crippen MR) is 50.3 cm³/mol. The highest BCUT2D eigenvalue weighted by atomic mass is 16.1. The number of nitrogens with zero attached hydrogens (tertiary/aromatic N) is 1. The lowest BCUT2D eigenvalue weighted by molar-refractivity contribution is 0.562. The Morgan fingerprint density at radius 3 is 2.50 bits per heavy atom. The molecule has 0 aliphatic heterocycles. The van der Waals surface area contributed by atoms with Crippen LogP contribution in [0, 0.1) is 6.92 Å². The van der Waals surface area contributed by atoms with Gasteiger partial charge in [-0.05, 0) is 18.6 Å². The second-order valence-electron chi connectivity index (χ2n) is 2.95. The number of anilines is 1. The maximum Gasteiger partial charge on any atom is 0.233 e. The van der Waals surface area contributed by atoms with Crippen LogP contribution in [0.15, 0.2) is 18.2 Å². The van der Waals surface area contributed by atoms with Crippen LogP contribution < -0.4 is 4.90 Å². The highest BCUT2D eigenvalue weighted by molar-refractivity contribution is 5.81. The maximum absolute atomic E-state index is 10.5. The van der Waals surface area contributed by atoms with Crippen LogP contribution >= 0.6 is 0 Å². The quantitative estimate of drug-likeness (QED) is 0.657. The van der Waals surface area contributed by atoms with E-state index in [2.05, 4.69) is 0 Å². The first-order valence-electron chi connectivity index (χ1n) is 3.82. The molecule has 0 unspecified atom stereocenters. The molecule has 0 heterocycles. The maximum atomic E-state index is 10.5. The molecule has 2 nitrogen and oxygen atoms in total. The van der Waals surface area contributed by atoms with E-state index < -0.39 is 0 Å². The minimum atomic E-state index is 0.640. The fourth-order valence-electron chi connectivity index (χ4n) is 1.22. The Bertz CT molecular complexity index is 292. The topological polar surface area (TPSA) is 20.3 Å². The number of hydrogen-bond acceptors (Lipinski definition) is 2. The smallest absolute Gasteiger partial charge is 0.233 e. The van der Waals surface area contributed by atoms with Crippen LogP contribution in [0.25, 0.3) is 0 Å². The Hall–Kier alpha value is -1.31. The molecule has 2 heteroatoms. The van der Waals surface area contributed by atoms with Crippen molar-refractivity contribution in [3.8, 4) is 0 Å². The summed E-state index contributed by atoms with van der Waals surface area (Å²) in [5.41, 5.74) is 2.69. The average molecular weight is 162 g/mol. The van der Waals surface area contributed by atoms with Gasteiger partial charge in [0.2, 0.25) is 6.29 Å². The molecule has 1 aromatic rings. The van der Waals surface area contributed by atoms with E-state index in [0.29, 0.717) is 5.56 Å². The molecule has 0 spiro atoms. The lowest BCUT2D eigenvalue weighted by Gasteiger charge is -2.15. The highest BCUT2D eigenvalue weighted by Crippen LogP contribution is 2.19. The van der Waals surface area contributed by atoms with Crippen molar-refractivity contribution in [1.29, 1.82) is 0 Å². The first-order valence-corrected chi connectivity index (χ1v) is 3.82. The zero-order valence-electron chi connectivity index (χ0n) is 7.59. The van der Waals surface area contributed by atoms with Crippen molar-refractivity contribution in [1.82, 2.24) is 0 Å². The van der Waals surface area contributed by atoms with Crippen molar-refractivity contribution < 1.29 is 4.79 Å². The van der Waals surface area contributed by atoms with Crippen molar-refractivity contribution in [3.63, 3.8) is 0 Å². The summed E-state index contributed by atoms with van der Waals surface area (Å²) in [5, 5.41) is 0. The third-order valence-electron chi connectivity index (χ3n) is 1.90. The SMILES string of the molecule is Cc1c([C]=O)cccc1N(C)C. The van der Waals surface area contributed by atoms with Crippen LogP contribution in [0.4, 0.5) is 5.69 Å². The number of benzene rings is 1. The van der Waals surface area contributed by atoms with E-state index in [1.54, 1.807) is 6.07 Å². The summed E-state index contributed by atoms with van der Waals surface area (Å²) >= 11 is 0. The van der Waals surface area contributed by atoms with E-state index in [1.807, 2.05) is 44.3 Å².